The summed E-state index contributed by atoms with van der Waals surface area (Å²) in [4.78, 5) is 25.5. The average molecular weight is 243 g/mol. The predicted molar refractivity (Wildman–Crippen MR) is 72.0 cm³/mol. The van der Waals surface area contributed by atoms with Crippen molar-refractivity contribution < 1.29 is 9.59 Å². The number of benzene rings is 1. The molecule has 0 saturated heterocycles. The normalized spacial score (nSPS) is 13.9. The maximum atomic E-state index is 12.0. The van der Waals surface area contributed by atoms with Gasteiger partial charge in [-0.25, -0.2) is 0 Å². The molecule has 3 nitrogen and oxygen atoms in total. The van der Waals surface area contributed by atoms with Gasteiger partial charge in [-0.1, -0.05) is 17.7 Å². The Morgan fingerprint density at radius 3 is 2.50 bits per heavy atom. The van der Waals surface area contributed by atoms with E-state index in [4.69, 9.17) is 0 Å². The second-order valence-corrected chi connectivity index (χ2v) is 4.93. The Hall–Kier alpha value is -1.90. The van der Waals surface area contributed by atoms with Gasteiger partial charge in [-0.3, -0.25) is 9.59 Å². The number of carbonyl (C=O) groups is 2. The van der Waals surface area contributed by atoms with Crippen molar-refractivity contribution in [3.05, 3.63) is 40.5 Å². The van der Waals surface area contributed by atoms with E-state index in [2.05, 4.69) is 0 Å². The summed E-state index contributed by atoms with van der Waals surface area (Å²) in [5.41, 5.74) is 4.55. The highest BCUT2D eigenvalue weighted by atomic mass is 16.2. The molecule has 1 heterocycles. The quantitative estimate of drug-likeness (QED) is 0.591. The number of nitrogens with zero attached hydrogens (tertiary/aromatic N) is 1. The first-order chi connectivity index (χ1) is 8.43. The molecule has 0 fully saturated rings. The van der Waals surface area contributed by atoms with Crippen molar-refractivity contribution >= 4 is 17.4 Å². The molecule has 2 rings (SSSR count). The Morgan fingerprint density at radius 2 is 1.89 bits per heavy atom. The molecular weight excluding hydrogens is 226 g/mol. The van der Waals surface area contributed by atoms with Gasteiger partial charge in [0, 0.05) is 6.54 Å². The van der Waals surface area contributed by atoms with Crippen molar-refractivity contribution in [3.63, 3.8) is 0 Å². The number of ketones is 1. The first-order valence-corrected chi connectivity index (χ1v) is 6.03. The van der Waals surface area contributed by atoms with Gasteiger partial charge < -0.3 is 4.90 Å². The Balaban J connectivity index is 2.53. The summed E-state index contributed by atoms with van der Waals surface area (Å²) in [5.74, 6) is -0.813. The summed E-state index contributed by atoms with van der Waals surface area (Å²) in [5, 5.41) is 0. The highest BCUT2D eigenvalue weighted by Gasteiger charge is 2.36. The molecule has 0 unspecified atom stereocenters. The first-order valence-electron chi connectivity index (χ1n) is 6.03. The molecule has 1 aromatic carbocycles. The van der Waals surface area contributed by atoms with Gasteiger partial charge in [0.05, 0.1) is 11.3 Å². The molecule has 0 spiro atoms. The lowest BCUT2D eigenvalue weighted by Gasteiger charge is -2.17. The van der Waals surface area contributed by atoms with E-state index in [1.165, 1.54) is 0 Å². The SMILES string of the molecule is CC(C)=CCN1C(=O)C(=O)c2ccc(C)c(C)c21. The van der Waals surface area contributed by atoms with Crippen molar-refractivity contribution in [2.45, 2.75) is 27.7 Å². The molecule has 1 aliphatic rings. The van der Waals surface area contributed by atoms with Gasteiger partial charge in [-0.2, -0.15) is 0 Å². The summed E-state index contributed by atoms with van der Waals surface area (Å²) in [6.45, 7) is 8.36. The van der Waals surface area contributed by atoms with E-state index in [1.807, 2.05) is 39.8 Å². The predicted octanol–water partition coefficient (Wildman–Crippen LogP) is 2.80. The zero-order valence-corrected chi connectivity index (χ0v) is 11.2. The van der Waals surface area contributed by atoms with Crippen LogP contribution >= 0.6 is 0 Å². The van der Waals surface area contributed by atoms with Crippen molar-refractivity contribution in [2.24, 2.45) is 0 Å². The minimum absolute atomic E-state index is 0.393. The van der Waals surface area contributed by atoms with Crippen LogP contribution in [-0.2, 0) is 4.79 Å². The minimum Gasteiger partial charge on any atom is -0.301 e. The number of aryl methyl sites for hydroxylation is 1. The Morgan fingerprint density at radius 1 is 1.22 bits per heavy atom. The third-order valence-electron chi connectivity index (χ3n) is 3.34. The van der Waals surface area contributed by atoms with E-state index >= 15 is 0 Å². The number of anilines is 1. The van der Waals surface area contributed by atoms with Gasteiger partial charge in [0.15, 0.2) is 0 Å². The molecule has 0 N–H and O–H groups in total. The third-order valence-corrected chi connectivity index (χ3v) is 3.34. The number of fused-ring (bicyclic) bond motifs is 1. The molecule has 0 radical (unpaired) electrons. The van der Waals surface area contributed by atoms with E-state index in [0.717, 1.165) is 22.4 Å². The van der Waals surface area contributed by atoms with Crippen LogP contribution in [0.15, 0.2) is 23.8 Å². The topological polar surface area (TPSA) is 37.4 Å². The second kappa shape index (κ2) is 4.41. The van der Waals surface area contributed by atoms with Crippen LogP contribution in [-0.4, -0.2) is 18.2 Å². The van der Waals surface area contributed by atoms with Gasteiger partial charge in [0.2, 0.25) is 0 Å². The van der Waals surface area contributed by atoms with E-state index in [1.54, 1.807) is 11.0 Å². The van der Waals surface area contributed by atoms with Crippen molar-refractivity contribution in [3.8, 4) is 0 Å². The van der Waals surface area contributed by atoms with E-state index in [9.17, 15) is 9.59 Å². The molecule has 94 valence electrons. The number of hydrogen-bond acceptors (Lipinski definition) is 2. The largest absolute Gasteiger partial charge is 0.301 e. The van der Waals surface area contributed by atoms with Crippen LogP contribution in [0.1, 0.15) is 35.3 Å². The van der Waals surface area contributed by atoms with Gasteiger partial charge in [-0.05, 0) is 44.9 Å². The van der Waals surface area contributed by atoms with Gasteiger partial charge >= 0.3 is 0 Å². The minimum atomic E-state index is -0.420. The summed E-state index contributed by atoms with van der Waals surface area (Å²) >= 11 is 0. The van der Waals surface area contributed by atoms with Crippen LogP contribution in [0.25, 0.3) is 0 Å². The van der Waals surface area contributed by atoms with Crippen LogP contribution < -0.4 is 4.90 Å². The summed E-state index contributed by atoms with van der Waals surface area (Å²) in [6, 6.07) is 3.64. The van der Waals surface area contributed by atoms with Crippen LogP contribution in [0.4, 0.5) is 5.69 Å². The molecular formula is C15H17NO2. The second-order valence-electron chi connectivity index (χ2n) is 4.93. The van der Waals surface area contributed by atoms with Gasteiger partial charge in [-0.15, -0.1) is 0 Å². The van der Waals surface area contributed by atoms with E-state index in [0.29, 0.717) is 12.1 Å². The fourth-order valence-electron chi connectivity index (χ4n) is 2.12. The highest BCUT2D eigenvalue weighted by Crippen LogP contribution is 2.33. The van der Waals surface area contributed by atoms with Gasteiger partial charge in [0.1, 0.15) is 0 Å². The van der Waals surface area contributed by atoms with Crippen LogP contribution in [0.5, 0.6) is 0 Å². The Bertz CT molecular complexity index is 566. The fourth-order valence-corrected chi connectivity index (χ4v) is 2.12. The third kappa shape index (κ3) is 1.86. The lowest BCUT2D eigenvalue weighted by Crippen LogP contribution is -2.30. The lowest BCUT2D eigenvalue weighted by molar-refractivity contribution is -0.114. The summed E-state index contributed by atoms with van der Waals surface area (Å²) in [7, 11) is 0. The fraction of sp³-hybridized carbons (Fsp3) is 0.333. The zero-order valence-electron chi connectivity index (χ0n) is 11.2. The molecule has 0 saturated carbocycles. The highest BCUT2D eigenvalue weighted by molar-refractivity contribution is 6.52. The van der Waals surface area contributed by atoms with Crippen molar-refractivity contribution in [1.82, 2.24) is 0 Å². The molecule has 0 aliphatic carbocycles. The number of allylic oxidation sites excluding steroid dienone is 1. The standard InChI is InChI=1S/C15H17NO2/c1-9(2)7-8-16-13-11(4)10(3)5-6-12(13)14(17)15(16)18/h5-7H,8H2,1-4H3. The maximum absolute atomic E-state index is 12.0. The molecule has 3 heteroatoms. The van der Waals surface area contributed by atoms with Crippen LogP contribution in [0.2, 0.25) is 0 Å². The Labute approximate surface area is 107 Å². The molecule has 18 heavy (non-hydrogen) atoms. The molecule has 1 aliphatic heterocycles. The number of rotatable bonds is 2. The van der Waals surface area contributed by atoms with Crippen molar-refractivity contribution in [1.29, 1.82) is 0 Å². The van der Waals surface area contributed by atoms with Crippen molar-refractivity contribution in [2.75, 3.05) is 11.4 Å². The number of hydrogen-bond donors (Lipinski definition) is 0. The Kier molecular flexibility index (Phi) is 3.07. The van der Waals surface area contributed by atoms with Crippen LogP contribution in [0, 0.1) is 13.8 Å². The zero-order chi connectivity index (χ0) is 13.4. The average Bonchev–Trinajstić information content (AvgIpc) is 2.55. The number of amides is 1. The summed E-state index contributed by atoms with van der Waals surface area (Å²) < 4.78 is 0. The molecule has 0 bridgehead atoms. The smallest absolute Gasteiger partial charge is 0.299 e. The van der Waals surface area contributed by atoms with E-state index < -0.39 is 11.7 Å². The molecule has 1 amide bonds. The van der Waals surface area contributed by atoms with Crippen LogP contribution in [0.3, 0.4) is 0 Å². The maximum Gasteiger partial charge on any atom is 0.299 e. The first kappa shape index (κ1) is 12.6. The summed E-state index contributed by atoms with van der Waals surface area (Å²) in [6.07, 6.45) is 1.96. The lowest BCUT2D eigenvalue weighted by atomic mass is 10.0. The van der Waals surface area contributed by atoms with E-state index in [-0.39, 0.29) is 0 Å². The van der Waals surface area contributed by atoms with Gasteiger partial charge in [0.25, 0.3) is 11.7 Å². The molecule has 0 aromatic heterocycles. The molecule has 1 aromatic rings. The molecule has 0 atom stereocenters. The monoisotopic (exact) mass is 243 g/mol. The number of carbonyl (C=O) groups excluding carboxylic acids is 2. The number of Topliss-reactive ketones (excluding diaryl/α,β-unsaturated/α-hetero) is 1.